The molecule has 0 bridgehead atoms. The molecule has 0 aliphatic carbocycles. The van der Waals surface area contributed by atoms with Crippen molar-refractivity contribution in [3.8, 4) is 23.0 Å². The van der Waals surface area contributed by atoms with Crippen molar-refractivity contribution >= 4 is 23.1 Å². The minimum absolute atomic E-state index is 0.686. The van der Waals surface area contributed by atoms with Crippen LogP contribution in [-0.4, -0.2) is 14.2 Å². The monoisotopic (exact) mass is 430 g/mol. The standard InChI is InChI=1S/C26H23O4P/c1-28-20-8-14-24(15-9-20)31(27,25-16-10-21(29-2)11-17-25)26-18-12-23(13-19-26)30-22-6-4-3-5-7-22/h3-19H,1-2H3. The molecular weight excluding hydrogens is 407 g/mol. The third kappa shape index (κ3) is 4.35. The van der Waals surface area contributed by atoms with Crippen LogP contribution in [0.5, 0.6) is 23.0 Å². The van der Waals surface area contributed by atoms with Crippen molar-refractivity contribution < 1.29 is 18.8 Å². The van der Waals surface area contributed by atoms with E-state index in [0.29, 0.717) is 5.75 Å². The molecule has 4 aromatic carbocycles. The molecule has 5 heteroatoms. The highest BCUT2D eigenvalue weighted by Crippen LogP contribution is 2.43. The Morgan fingerprint density at radius 1 is 0.484 bits per heavy atom. The van der Waals surface area contributed by atoms with E-state index in [1.54, 1.807) is 14.2 Å². The summed E-state index contributed by atoms with van der Waals surface area (Å²) in [4.78, 5) is 0. The highest BCUT2D eigenvalue weighted by molar-refractivity contribution is 7.85. The topological polar surface area (TPSA) is 44.8 Å². The summed E-state index contributed by atoms with van der Waals surface area (Å²) in [6.07, 6.45) is 0. The van der Waals surface area contributed by atoms with Crippen LogP contribution in [0.25, 0.3) is 0 Å². The minimum atomic E-state index is -3.11. The molecule has 0 fully saturated rings. The van der Waals surface area contributed by atoms with Crippen LogP contribution in [0, 0.1) is 0 Å². The van der Waals surface area contributed by atoms with Gasteiger partial charge in [-0.2, -0.15) is 0 Å². The summed E-state index contributed by atoms with van der Waals surface area (Å²) in [5.41, 5.74) is 0. The molecule has 0 saturated carbocycles. The average Bonchev–Trinajstić information content (AvgIpc) is 2.85. The Hall–Kier alpha value is -3.49. The number of methoxy groups -OCH3 is 2. The van der Waals surface area contributed by atoms with E-state index in [2.05, 4.69) is 0 Å². The maximum absolute atomic E-state index is 14.6. The van der Waals surface area contributed by atoms with Crippen molar-refractivity contribution in [1.29, 1.82) is 0 Å². The fraction of sp³-hybridized carbons (Fsp3) is 0.0769. The van der Waals surface area contributed by atoms with Crippen LogP contribution < -0.4 is 30.1 Å². The molecule has 4 aromatic rings. The van der Waals surface area contributed by atoms with Gasteiger partial charge in [0.1, 0.15) is 23.0 Å². The molecule has 0 aliphatic heterocycles. The van der Waals surface area contributed by atoms with E-state index in [9.17, 15) is 4.57 Å². The Kier molecular flexibility index (Phi) is 6.11. The van der Waals surface area contributed by atoms with Gasteiger partial charge in [-0.25, -0.2) is 0 Å². The highest BCUT2D eigenvalue weighted by atomic mass is 31.2. The lowest BCUT2D eigenvalue weighted by Gasteiger charge is -2.21. The molecular formula is C26H23O4P. The van der Waals surface area contributed by atoms with Crippen LogP contribution in [0.2, 0.25) is 0 Å². The van der Waals surface area contributed by atoms with Crippen LogP contribution in [0.3, 0.4) is 0 Å². The molecule has 0 unspecified atom stereocenters. The second kappa shape index (κ2) is 9.11. The molecule has 0 atom stereocenters. The van der Waals surface area contributed by atoms with Crippen LogP contribution in [0.15, 0.2) is 103 Å². The first-order valence-electron chi connectivity index (χ1n) is 9.86. The molecule has 0 heterocycles. The minimum Gasteiger partial charge on any atom is -0.497 e. The summed E-state index contributed by atoms with van der Waals surface area (Å²) in [7, 11) is 0.123. The van der Waals surface area contributed by atoms with Crippen molar-refractivity contribution in [3.63, 3.8) is 0 Å². The quantitative estimate of drug-likeness (QED) is 0.381. The smallest absolute Gasteiger partial charge is 0.171 e. The first kappa shape index (κ1) is 20.8. The molecule has 0 radical (unpaired) electrons. The van der Waals surface area contributed by atoms with Gasteiger partial charge in [0.15, 0.2) is 7.14 Å². The van der Waals surface area contributed by atoms with Gasteiger partial charge < -0.3 is 18.8 Å². The Bertz CT molecular complexity index is 1120. The summed E-state index contributed by atoms with van der Waals surface area (Å²) in [6, 6.07) is 31.8. The fourth-order valence-electron chi connectivity index (χ4n) is 3.38. The molecule has 0 aromatic heterocycles. The van der Waals surface area contributed by atoms with Crippen LogP contribution in [0.4, 0.5) is 0 Å². The normalized spacial score (nSPS) is 11.0. The predicted octanol–water partition coefficient (Wildman–Crippen LogP) is 5.14. The van der Waals surface area contributed by atoms with Crippen LogP contribution in [-0.2, 0) is 4.57 Å². The molecule has 4 rings (SSSR count). The van der Waals surface area contributed by atoms with E-state index in [4.69, 9.17) is 14.2 Å². The lowest BCUT2D eigenvalue weighted by atomic mass is 10.3. The molecule has 156 valence electrons. The third-order valence-corrected chi connectivity index (χ3v) is 8.13. The maximum atomic E-state index is 14.6. The van der Waals surface area contributed by atoms with Gasteiger partial charge >= 0.3 is 0 Å². The van der Waals surface area contributed by atoms with Crippen molar-refractivity contribution in [2.75, 3.05) is 14.2 Å². The van der Waals surface area contributed by atoms with E-state index in [1.165, 1.54) is 0 Å². The number of ether oxygens (including phenoxy) is 3. The second-order valence-corrected chi connectivity index (χ2v) is 9.68. The Morgan fingerprint density at radius 2 is 0.839 bits per heavy atom. The van der Waals surface area contributed by atoms with E-state index >= 15 is 0 Å². The van der Waals surface area contributed by atoms with Gasteiger partial charge in [0.25, 0.3) is 0 Å². The molecule has 4 nitrogen and oxygen atoms in total. The zero-order valence-electron chi connectivity index (χ0n) is 17.4. The van der Waals surface area contributed by atoms with Gasteiger partial charge in [-0.1, -0.05) is 18.2 Å². The van der Waals surface area contributed by atoms with E-state index in [1.807, 2.05) is 103 Å². The summed E-state index contributed by atoms with van der Waals surface area (Å²) in [5.74, 6) is 2.88. The molecule has 0 spiro atoms. The van der Waals surface area contributed by atoms with E-state index < -0.39 is 7.14 Å². The zero-order chi connectivity index (χ0) is 21.7. The van der Waals surface area contributed by atoms with Crippen LogP contribution in [0.1, 0.15) is 0 Å². The average molecular weight is 430 g/mol. The second-order valence-electron chi connectivity index (χ2n) is 6.91. The number of hydrogen-bond acceptors (Lipinski definition) is 4. The van der Waals surface area contributed by atoms with Crippen molar-refractivity contribution in [1.82, 2.24) is 0 Å². The predicted molar refractivity (Wildman–Crippen MR) is 125 cm³/mol. The lowest BCUT2D eigenvalue weighted by molar-refractivity contribution is 0.415. The number of benzene rings is 4. The highest BCUT2D eigenvalue weighted by Gasteiger charge is 2.30. The number of rotatable bonds is 7. The SMILES string of the molecule is COc1ccc(P(=O)(c2ccc(OC)cc2)c2ccc(Oc3ccccc3)cc2)cc1. The first-order valence-corrected chi connectivity index (χ1v) is 11.6. The Labute approximate surface area is 182 Å². The Morgan fingerprint density at radius 3 is 1.23 bits per heavy atom. The van der Waals surface area contributed by atoms with Crippen molar-refractivity contribution in [2.45, 2.75) is 0 Å². The Balaban J connectivity index is 1.75. The molecule has 0 N–H and O–H groups in total. The van der Waals surface area contributed by atoms with Crippen LogP contribution >= 0.6 is 7.14 Å². The van der Waals surface area contributed by atoms with E-state index in [-0.39, 0.29) is 0 Å². The van der Waals surface area contributed by atoms with E-state index in [0.717, 1.165) is 33.2 Å². The lowest BCUT2D eigenvalue weighted by Crippen LogP contribution is -2.25. The van der Waals surface area contributed by atoms with Gasteiger partial charge in [-0.3, -0.25) is 0 Å². The fourth-order valence-corrected chi connectivity index (χ4v) is 5.98. The summed E-state index contributed by atoms with van der Waals surface area (Å²) >= 11 is 0. The first-order chi connectivity index (χ1) is 15.1. The molecule has 0 amide bonds. The summed E-state index contributed by atoms with van der Waals surface area (Å²) < 4.78 is 31.0. The molecule has 0 saturated heterocycles. The zero-order valence-corrected chi connectivity index (χ0v) is 18.3. The van der Waals surface area contributed by atoms with Gasteiger partial charge in [-0.05, 0) is 84.9 Å². The number of para-hydroxylation sites is 1. The van der Waals surface area contributed by atoms with Gasteiger partial charge in [0.2, 0.25) is 0 Å². The molecule has 0 aliphatic rings. The summed E-state index contributed by atoms with van der Waals surface area (Å²) in [6.45, 7) is 0. The summed E-state index contributed by atoms with van der Waals surface area (Å²) in [5, 5.41) is 2.19. The van der Waals surface area contributed by atoms with Gasteiger partial charge in [0.05, 0.1) is 14.2 Å². The van der Waals surface area contributed by atoms with Gasteiger partial charge in [0, 0.05) is 15.9 Å². The third-order valence-electron chi connectivity index (χ3n) is 5.05. The van der Waals surface area contributed by atoms with Gasteiger partial charge in [-0.15, -0.1) is 0 Å². The maximum Gasteiger partial charge on any atom is 0.171 e. The van der Waals surface area contributed by atoms with Crippen molar-refractivity contribution in [2.24, 2.45) is 0 Å². The molecule has 31 heavy (non-hydrogen) atoms. The van der Waals surface area contributed by atoms with Crippen molar-refractivity contribution in [3.05, 3.63) is 103 Å². The largest absolute Gasteiger partial charge is 0.497 e. The number of hydrogen-bond donors (Lipinski definition) is 0.